The number of amides is 2. The first-order valence-corrected chi connectivity index (χ1v) is 14.8. The van der Waals surface area contributed by atoms with Crippen LogP contribution in [0.1, 0.15) is 45.6 Å². The standard InChI is InChI=1S/C28H31Cl2N3O4S/c1-4-23(28(35)31-18(2)3)32(17-20-21(29)11-7-12-22(20)30)26(34)15-8-16-33-24-13-5-9-19-10-6-14-25(27(19)24)38(33,36)37/h5-7,9-14,18,23H,4,8,15-17H2,1-3H3,(H,31,35). The summed E-state index contributed by atoms with van der Waals surface area (Å²) >= 11 is 12.8. The van der Waals surface area contributed by atoms with Crippen LogP contribution in [0.25, 0.3) is 10.8 Å². The summed E-state index contributed by atoms with van der Waals surface area (Å²) in [6, 6.07) is 15.0. The first kappa shape index (κ1) is 28.2. The van der Waals surface area contributed by atoms with E-state index < -0.39 is 16.1 Å². The molecule has 3 aromatic rings. The first-order valence-electron chi connectivity index (χ1n) is 12.6. The number of sulfonamides is 1. The van der Waals surface area contributed by atoms with Gasteiger partial charge in [-0.1, -0.05) is 60.5 Å². The molecule has 4 rings (SSSR count). The number of carbonyl (C=O) groups excluding carboxylic acids is 2. The molecule has 0 saturated carbocycles. The van der Waals surface area contributed by atoms with E-state index in [2.05, 4.69) is 5.32 Å². The van der Waals surface area contributed by atoms with Crippen molar-refractivity contribution in [1.82, 2.24) is 10.2 Å². The maximum atomic E-state index is 13.6. The Morgan fingerprint density at radius 1 is 1.00 bits per heavy atom. The van der Waals surface area contributed by atoms with E-state index in [1.807, 2.05) is 39.0 Å². The zero-order chi connectivity index (χ0) is 27.6. The molecule has 1 N–H and O–H groups in total. The van der Waals surface area contributed by atoms with Gasteiger partial charge in [0.15, 0.2) is 0 Å². The summed E-state index contributed by atoms with van der Waals surface area (Å²) < 4.78 is 27.9. The fourth-order valence-electron chi connectivity index (χ4n) is 4.87. The molecule has 1 heterocycles. The lowest BCUT2D eigenvalue weighted by atomic mass is 10.1. The highest BCUT2D eigenvalue weighted by Crippen LogP contribution is 2.42. The van der Waals surface area contributed by atoms with Crippen LogP contribution in [0.4, 0.5) is 5.69 Å². The summed E-state index contributed by atoms with van der Waals surface area (Å²) in [5.41, 5.74) is 1.18. The first-order chi connectivity index (χ1) is 18.1. The van der Waals surface area contributed by atoms with Crippen molar-refractivity contribution in [3.63, 3.8) is 0 Å². The fourth-order valence-corrected chi connectivity index (χ4v) is 7.14. The Bertz CT molecular complexity index is 1450. The maximum absolute atomic E-state index is 13.6. The predicted octanol–water partition coefficient (Wildman–Crippen LogP) is 5.77. The number of nitrogens with zero attached hydrogens (tertiary/aromatic N) is 2. The van der Waals surface area contributed by atoms with E-state index in [0.29, 0.717) is 33.1 Å². The number of hydrogen-bond acceptors (Lipinski definition) is 4. The molecule has 0 bridgehead atoms. The smallest absolute Gasteiger partial charge is 0.265 e. The van der Waals surface area contributed by atoms with E-state index >= 15 is 0 Å². The van der Waals surface area contributed by atoms with Gasteiger partial charge >= 0.3 is 0 Å². The van der Waals surface area contributed by atoms with Gasteiger partial charge in [0.2, 0.25) is 11.8 Å². The van der Waals surface area contributed by atoms with Crippen LogP contribution >= 0.6 is 23.2 Å². The lowest BCUT2D eigenvalue weighted by Crippen LogP contribution is -2.50. The maximum Gasteiger partial charge on any atom is 0.265 e. The monoisotopic (exact) mass is 575 g/mol. The molecule has 1 aliphatic heterocycles. The van der Waals surface area contributed by atoms with E-state index in [-0.39, 0.29) is 48.7 Å². The fraction of sp³-hybridized carbons (Fsp3) is 0.357. The average molecular weight is 577 g/mol. The lowest BCUT2D eigenvalue weighted by molar-refractivity contribution is -0.141. The van der Waals surface area contributed by atoms with Gasteiger partial charge in [-0.05, 0) is 56.3 Å². The van der Waals surface area contributed by atoms with Crippen LogP contribution in [0.2, 0.25) is 10.0 Å². The van der Waals surface area contributed by atoms with Gasteiger partial charge in [0.25, 0.3) is 10.0 Å². The Kier molecular flexibility index (Phi) is 8.55. The topological polar surface area (TPSA) is 86.8 Å². The third-order valence-electron chi connectivity index (χ3n) is 6.64. The molecule has 7 nitrogen and oxygen atoms in total. The zero-order valence-electron chi connectivity index (χ0n) is 21.6. The molecule has 2 amide bonds. The van der Waals surface area contributed by atoms with Gasteiger partial charge in [-0.2, -0.15) is 0 Å². The van der Waals surface area contributed by atoms with E-state index in [9.17, 15) is 18.0 Å². The van der Waals surface area contributed by atoms with Crippen LogP contribution in [0.5, 0.6) is 0 Å². The van der Waals surface area contributed by atoms with Crippen molar-refractivity contribution in [2.75, 3.05) is 10.8 Å². The summed E-state index contributed by atoms with van der Waals surface area (Å²) in [6.07, 6.45) is 0.716. The summed E-state index contributed by atoms with van der Waals surface area (Å²) in [7, 11) is -3.71. The number of anilines is 1. The summed E-state index contributed by atoms with van der Waals surface area (Å²) in [4.78, 5) is 28.4. The molecular weight excluding hydrogens is 545 g/mol. The van der Waals surface area contributed by atoms with E-state index in [1.165, 1.54) is 9.21 Å². The Hall–Kier alpha value is -2.81. The third kappa shape index (κ3) is 5.48. The van der Waals surface area contributed by atoms with Crippen LogP contribution in [0.3, 0.4) is 0 Å². The summed E-state index contributed by atoms with van der Waals surface area (Å²) in [6.45, 7) is 5.76. The molecular formula is C28H31Cl2N3O4S. The van der Waals surface area contributed by atoms with Crippen LogP contribution < -0.4 is 9.62 Å². The summed E-state index contributed by atoms with van der Waals surface area (Å²) in [5.74, 6) is -0.540. The highest BCUT2D eigenvalue weighted by atomic mass is 35.5. The molecule has 10 heteroatoms. The van der Waals surface area contributed by atoms with Gasteiger partial charge in [-0.25, -0.2) is 8.42 Å². The van der Waals surface area contributed by atoms with Gasteiger partial charge in [0, 0.05) is 46.5 Å². The molecule has 1 unspecified atom stereocenters. The average Bonchev–Trinajstić information content (AvgIpc) is 3.08. The number of rotatable bonds is 10. The van der Waals surface area contributed by atoms with Crippen LogP contribution in [-0.2, 0) is 26.2 Å². The van der Waals surface area contributed by atoms with Gasteiger partial charge in [0.05, 0.1) is 10.6 Å². The highest BCUT2D eigenvalue weighted by Gasteiger charge is 2.36. The Labute approximate surface area is 233 Å². The second-order valence-corrected chi connectivity index (χ2v) is 12.3. The molecule has 1 atom stereocenters. The molecule has 0 saturated heterocycles. The molecule has 0 spiro atoms. The normalized spacial score (nSPS) is 14.6. The number of hydrogen-bond donors (Lipinski definition) is 1. The second-order valence-electron chi connectivity index (χ2n) is 9.62. The van der Waals surface area contributed by atoms with E-state index in [1.54, 1.807) is 36.4 Å². The summed E-state index contributed by atoms with van der Waals surface area (Å²) in [5, 5.41) is 5.26. The van der Waals surface area contributed by atoms with Crippen LogP contribution in [0, 0.1) is 0 Å². The van der Waals surface area contributed by atoms with Gasteiger partial charge in [-0.15, -0.1) is 0 Å². The molecule has 1 aliphatic rings. The van der Waals surface area contributed by atoms with Crippen molar-refractivity contribution >= 4 is 61.5 Å². The minimum absolute atomic E-state index is 0.0475. The van der Waals surface area contributed by atoms with Crippen molar-refractivity contribution in [3.05, 3.63) is 70.2 Å². The van der Waals surface area contributed by atoms with Gasteiger partial charge in [-0.3, -0.25) is 13.9 Å². The molecule has 0 aliphatic carbocycles. The Morgan fingerprint density at radius 2 is 1.63 bits per heavy atom. The van der Waals surface area contributed by atoms with Crippen molar-refractivity contribution in [2.45, 2.75) is 63.6 Å². The minimum atomic E-state index is -3.71. The molecule has 0 fully saturated rings. The van der Waals surface area contributed by atoms with Crippen molar-refractivity contribution in [3.8, 4) is 0 Å². The van der Waals surface area contributed by atoms with Crippen molar-refractivity contribution < 1.29 is 18.0 Å². The number of benzene rings is 3. The Morgan fingerprint density at radius 3 is 2.26 bits per heavy atom. The van der Waals surface area contributed by atoms with Crippen molar-refractivity contribution in [2.24, 2.45) is 0 Å². The van der Waals surface area contributed by atoms with Gasteiger partial charge in [0.1, 0.15) is 6.04 Å². The molecule has 3 aromatic carbocycles. The number of nitrogens with one attached hydrogen (secondary N) is 1. The second kappa shape index (κ2) is 11.5. The van der Waals surface area contributed by atoms with Crippen molar-refractivity contribution in [1.29, 1.82) is 0 Å². The third-order valence-corrected chi connectivity index (χ3v) is 9.20. The number of carbonyl (C=O) groups is 2. The van der Waals surface area contributed by atoms with E-state index in [4.69, 9.17) is 23.2 Å². The van der Waals surface area contributed by atoms with Crippen LogP contribution in [0.15, 0.2) is 59.5 Å². The quantitative estimate of drug-likeness (QED) is 0.332. The Balaban J connectivity index is 1.55. The number of halogens is 2. The molecule has 38 heavy (non-hydrogen) atoms. The van der Waals surface area contributed by atoms with Crippen LogP contribution in [-0.4, -0.2) is 43.8 Å². The predicted molar refractivity (Wildman–Crippen MR) is 152 cm³/mol. The zero-order valence-corrected chi connectivity index (χ0v) is 23.9. The largest absolute Gasteiger partial charge is 0.352 e. The highest BCUT2D eigenvalue weighted by molar-refractivity contribution is 7.93. The molecule has 0 radical (unpaired) electrons. The van der Waals surface area contributed by atoms with Gasteiger partial charge < -0.3 is 10.2 Å². The molecule has 202 valence electrons. The SMILES string of the molecule is CCC(C(=O)NC(C)C)N(Cc1c(Cl)cccc1Cl)C(=O)CCCN1c2cccc3cccc(c23)S1(=O)=O. The minimum Gasteiger partial charge on any atom is -0.352 e. The molecule has 0 aromatic heterocycles. The van der Waals surface area contributed by atoms with E-state index in [0.717, 1.165) is 5.39 Å². The lowest BCUT2D eigenvalue weighted by Gasteiger charge is -2.32.